The molecule has 0 unspecified atom stereocenters. The number of rotatable bonds is 0. The third kappa shape index (κ3) is 86.7. The topological polar surface area (TPSA) is 0 Å². The van der Waals surface area contributed by atoms with Crippen molar-refractivity contribution >= 4 is 17.4 Å². The van der Waals surface area contributed by atoms with Gasteiger partial charge in [0.2, 0.25) is 0 Å². The SMILES string of the molecule is [Al+3].[C-]#C.[C-]#C.[C-]#C. The van der Waals surface area contributed by atoms with Crippen LogP contribution < -0.4 is 0 Å². The fourth-order valence-electron chi connectivity index (χ4n) is 0. The summed E-state index contributed by atoms with van der Waals surface area (Å²) in [5.74, 6) is 0. The summed E-state index contributed by atoms with van der Waals surface area (Å²) in [5, 5.41) is 0. The van der Waals surface area contributed by atoms with E-state index in [1.165, 1.54) is 0 Å². The van der Waals surface area contributed by atoms with E-state index >= 15 is 0 Å². The number of hydrogen-bond donors (Lipinski definition) is 0. The summed E-state index contributed by atoms with van der Waals surface area (Å²) in [5.41, 5.74) is 0. The molecule has 1 heteroatoms. The van der Waals surface area contributed by atoms with Gasteiger partial charge in [0.25, 0.3) is 0 Å². The van der Waals surface area contributed by atoms with Gasteiger partial charge in [0.1, 0.15) is 0 Å². The van der Waals surface area contributed by atoms with Crippen LogP contribution in [0.2, 0.25) is 0 Å². The summed E-state index contributed by atoms with van der Waals surface area (Å²) in [6.07, 6.45) is 27.0. The molecule has 0 bridgehead atoms. The Labute approximate surface area is 56.4 Å². The van der Waals surface area contributed by atoms with Gasteiger partial charge in [0, 0.05) is 0 Å². The largest absolute Gasteiger partial charge is 3.00 e. The molecule has 0 saturated heterocycles. The van der Waals surface area contributed by atoms with Crippen molar-refractivity contribution in [2.75, 3.05) is 0 Å². The average Bonchev–Trinajstić information content (AvgIpc) is 1.81. The Morgan fingerprint density at radius 3 is 0.571 bits per heavy atom. The maximum Gasteiger partial charge on any atom is 3.00 e. The first-order valence-electron chi connectivity index (χ1n) is 0.866. The van der Waals surface area contributed by atoms with Gasteiger partial charge in [-0.2, -0.15) is 0 Å². The van der Waals surface area contributed by atoms with E-state index < -0.39 is 0 Å². The van der Waals surface area contributed by atoms with Crippen molar-refractivity contribution < 1.29 is 0 Å². The first-order chi connectivity index (χ1) is 3.00. The molecule has 0 saturated carbocycles. The van der Waals surface area contributed by atoms with E-state index in [0.29, 0.717) is 0 Å². The van der Waals surface area contributed by atoms with Gasteiger partial charge < -0.3 is 38.5 Å². The van der Waals surface area contributed by atoms with Crippen LogP contribution in [0, 0.1) is 38.5 Å². The van der Waals surface area contributed by atoms with E-state index in [1.807, 2.05) is 0 Å². The van der Waals surface area contributed by atoms with Gasteiger partial charge in [0.15, 0.2) is 0 Å². The van der Waals surface area contributed by atoms with Crippen molar-refractivity contribution in [1.82, 2.24) is 0 Å². The minimum atomic E-state index is 0. The summed E-state index contributed by atoms with van der Waals surface area (Å²) in [6.45, 7) is 0. The summed E-state index contributed by atoms with van der Waals surface area (Å²) >= 11 is 0. The van der Waals surface area contributed by atoms with Gasteiger partial charge in [0.05, 0.1) is 0 Å². The molecule has 0 aliphatic heterocycles. The summed E-state index contributed by atoms with van der Waals surface area (Å²) in [4.78, 5) is 0. The minimum absolute atomic E-state index is 0. The molecule has 0 rings (SSSR count). The molecule has 0 fully saturated rings. The van der Waals surface area contributed by atoms with E-state index in [9.17, 15) is 0 Å². The Morgan fingerprint density at radius 2 is 0.571 bits per heavy atom. The standard InChI is InChI=1S/3C2H.Al/c3*1-2;/h3*1H;/q3*-1;+3. The zero-order chi connectivity index (χ0) is 6.00. The minimum Gasteiger partial charge on any atom is -0.697 e. The van der Waals surface area contributed by atoms with E-state index in [-0.39, 0.29) is 17.4 Å². The quantitative estimate of drug-likeness (QED) is 0.233. The number of terminal acetylenes is 3. The molecule has 0 aromatic carbocycles. The van der Waals surface area contributed by atoms with Crippen LogP contribution in [0.15, 0.2) is 0 Å². The normalized spacial score (nSPS) is 0.857. The number of hydrogen-bond acceptors (Lipinski definition) is 0. The molecular weight excluding hydrogens is 99.0 g/mol. The van der Waals surface area contributed by atoms with E-state index in [2.05, 4.69) is 19.3 Å². The first kappa shape index (κ1) is 34.5. The Hall–Kier alpha value is -0.788. The summed E-state index contributed by atoms with van der Waals surface area (Å²) in [6, 6.07) is 0. The molecule has 0 aliphatic rings. The monoisotopic (exact) mass is 102 g/mol. The molecule has 0 N–H and O–H groups in total. The van der Waals surface area contributed by atoms with Crippen LogP contribution in [0.3, 0.4) is 0 Å². The van der Waals surface area contributed by atoms with E-state index in [0.717, 1.165) is 0 Å². The molecule has 0 spiro atoms. The van der Waals surface area contributed by atoms with Gasteiger partial charge >= 0.3 is 17.4 Å². The molecule has 0 aliphatic carbocycles. The van der Waals surface area contributed by atoms with Crippen molar-refractivity contribution in [3.05, 3.63) is 19.3 Å². The van der Waals surface area contributed by atoms with Gasteiger partial charge in [-0.15, -0.1) is 0 Å². The van der Waals surface area contributed by atoms with E-state index in [4.69, 9.17) is 19.3 Å². The zero-order valence-electron chi connectivity index (χ0n) is 3.81. The molecule has 7 heavy (non-hydrogen) atoms. The van der Waals surface area contributed by atoms with Gasteiger partial charge in [-0.1, -0.05) is 0 Å². The van der Waals surface area contributed by atoms with Gasteiger partial charge in [-0.05, 0) is 0 Å². The van der Waals surface area contributed by atoms with Crippen molar-refractivity contribution in [1.29, 1.82) is 0 Å². The van der Waals surface area contributed by atoms with Crippen LogP contribution in [-0.4, -0.2) is 17.4 Å². The van der Waals surface area contributed by atoms with Gasteiger partial charge in [-0.3, -0.25) is 0 Å². The molecule has 0 aromatic heterocycles. The Morgan fingerprint density at radius 1 is 0.571 bits per heavy atom. The maximum atomic E-state index is 5.25. The van der Waals surface area contributed by atoms with Crippen molar-refractivity contribution in [3.8, 4) is 19.3 Å². The van der Waals surface area contributed by atoms with Crippen molar-refractivity contribution in [3.63, 3.8) is 0 Å². The molecule has 0 aromatic rings. The smallest absolute Gasteiger partial charge is 0.697 e. The molecule has 0 radical (unpaired) electrons. The Balaban J connectivity index is -0.00000000900. The zero-order valence-corrected chi connectivity index (χ0v) is 4.96. The molecule has 0 amide bonds. The predicted molar refractivity (Wildman–Crippen MR) is 30.3 cm³/mol. The second-order valence-electron chi connectivity index (χ2n) is 0. The van der Waals surface area contributed by atoms with Crippen molar-refractivity contribution in [2.45, 2.75) is 0 Å². The fraction of sp³-hybridized carbons (Fsp3) is 0. The molecule has 0 nitrogen and oxygen atoms in total. The van der Waals surface area contributed by atoms with Crippen LogP contribution in [0.5, 0.6) is 0 Å². The van der Waals surface area contributed by atoms with Crippen LogP contribution in [0.4, 0.5) is 0 Å². The van der Waals surface area contributed by atoms with Crippen LogP contribution in [0.1, 0.15) is 0 Å². The van der Waals surface area contributed by atoms with Crippen LogP contribution in [0.25, 0.3) is 0 Å². The third-order valence-corrected chi connectivity index (χ3v) is 0. The predicted octanol–water partition coefficient (Wildman–Crippen LogP) is 0.237. The summed E-state index contributed by atoms with van der Waals surface area (Å²) < 4.78 is 0. The van der Waals surface area contributed by atoms with Crippen molar-refractivity contribution in [2.24, 2.45) is 0 Å². The molecule has 0 heterocycles. The Kier molecular flexibility index (Phi) is 735. The second kappa shape index (κ2) is 149. The molecule has 30 valence electrons. The molecular formula is C6H3Al. The third-order valence-electron chi connectivity index (χ3n) is 0. The second-order valence-corrected chi connectivity index (χ2v) is 0. The Bertz CT molecular complexity index is 32.7. The summed E-state index contributed by atoms with van der Waals surface area (Å²) in [7, 11) is 0. The van der Waals surface area contributed by atoms with Gasteiger partial charge in [-0.25, -0.2) is 0 Å². The molecule has 0 atom stereocenters. The first-order valence-corrected chi connectivity index (χ1v) is 0.866. The average molecular weight is 102 g/mol. The fourth-order valence-corrected chi connectivity index (χ4v) is 0. The van der Waals surface area contributed by atoms with Crippen LogP contribution >= 0.6 is 0 Å². The van der Waals surface area contributed by atoms with E-state index in [1.54, 1.807) is 0 Å². The van der Waals surface area contributed by atoms with Crippen LogP contribution in [-0.2, 0) is 0 Å². The maximum absolute atomic E-state index is 5.25.